The van der Waals surface area contributed by atoms with Crippen LogP contribution in [0.2, 0.25) is 0 Å². The number of nitrogens with one attached hydrogen (secondary N) is 1. The van der Waals surface area contributed by atoms with Gasteiger partial charge in [-0.25, -0.2) is 0 Å². The molecule has 2 atom stereocenters. The van der Waals surface area contributed by atoms with Crippen LogP contribution in [-0.2, 0) is 20.7 Å². The first-order valence-corrected chi connectivity index (χ1v) is 7.38. The van der Waals surface area contributed by atoms with Crippen LogP contribution in [0, 0.1) is 0 Å². The van der Waals surface area contributed by atoms with Crippen molar-refractivity contribution in [2.24, 2.45) is 0 Å². The largest absolute Gasteiger partial charge is 0.362 e. The average molecular weight is 286 g/mol. The van der Waals surface area contributed by atoms with Gasteiger partial charge in [-0.05, 0) is 36.6 Å². The Kier molecular flexibility index (Phi) is 4.08. The molecule has 5 nitrogen and oxygen atoms in total. The molecule has 1 amide bonds. The molecule has 2 aliphatic rings. The highest BCUT2D eigenvalue weighted by atomic mass is 16.5. The number of morpholine rings is 1. The Morgan fingerprint density at radius 2 is 2.24 bits per heavy atom. The van der Waals surface area contributed by atoms with E-state index in [1.54, 1.807) is 0 Å². The van der Waals surface area contributed by atoms with Crippen molar-refractivity contribution in [3.63, 3.8) is 0 Å². The van der Waals surface area contributed by atoms with Crippen LogP contribution in [0.3, 0.4) is 0 Å². The van der Waals surface area contributed by atoms with Crippen LogP contribution in [-0.4, -0.2) is 44.0 Å². The van der Waals surface area contributed by atoms with E-state index in [2.05, 4.69) is 29.2 Å². The molecule has 0 saturated carbocycles. The van der Waals surface area contributed by atoms with Crippen LogP contribution in [0.1, 0.15) is 35.8 Å². The van der Waals surface area contributed by atoms with Gasteiger partial charge in [0.15, 0.2) is 0 Å². The summed E-state index contributed by atoms with van der Waals surface area (Å²) in [5.41, 5.74) is 3.75. The second-order valence-electron chi connectivity index (χ2n) is 5.61. The van der Waals surface area contributed by atoms with Gasteiger partial charge in [-0.15, -0.1) is 0 Å². The van der Waals surface area contributed by atoms with Crippen molar-refractivity contribution in [2.45, 2.75) is 25.5 Å². The zero-order valence-electron chi connectivity index (χ0n) is 12.2. The number of carbonyl (C=O) groups excluding carboxylic acids is 2. The predicted molar refractivity (Wildman–Crippen MR) is 80.9 cm³/mol. The Bertz CT molecular complexity index is 554. The van der Waals surface area contributed by atoms with Gasteiger partial charge in [-0.1, -0.05) is 18.2 Å². The molecule has 1 saturated heterocycles. The molecule has 6 heteroatoms. The van der Waals surface area contributed by atoms with E-state index < -0.39 is 0 Å². The van der Waals surface area contributed by atoms with Gasteiger partial charge >= 0.3 is 0 Å². The molecular weight excluding hydrogens is 267 g/mol. The summed E-state index contributed by atoms with van der Waals surface area (Å²) in [6, 6.07) is 6.48. The van der Waals surface area contributed by atoms with Gasteiger partial charge < -0.3 is 19.7 Å². The molecule has 3 rings (SSSR count). The maximum absolute atomic E-state index is 11.2. The normalized spacial score (nSPS) is 25.9. The van der Waals surface area contributed by atoms with E-state index in [0.717, 1.165) is 19.2 Å². The molecule has 0 aliphatic carbocycles. The third-order valence-electron chi connectivity index (χ3n) is 4.45. The van der Waals surface area contributed by atoms with Crippen molar-refractivity contribution >= 4 is 19.5 Å². The molecule has 2 aliphatic heterocycles. The third-order valence-corrected chi connectivity index (χ3v) is 4.45. The quantitative estimate of drug-likeness (QED) is 0.643. The van der Waals surface area contributed by atoms with Crippen molar-refractivity contribution in [2.75, 3.05) is 19.7 Å². The molecule has 110 valence electrons. The first-order chi connectivity index (χ1) is 10.2. The number of carbonyl (C=O) groups is 2. The molecule has 0 aromatic heterocycles. The van der Waals surface area contributed by atoms with Crippen LogP contribution in [0.15, 0.2) is 18.2 Å². The SMILES string of the molecule is C[C@H]1c2cccc(C3CNC(=O)CO3)c2CCN1BC=O. The number of rotatable bonds is 3. The Labute approximate surface area is 124 Å². The fourth-order valence-corrected chi connectivity index (χ4v) is 3.29. The molecule has 0 bridgehead atoms. The lowest BCUT2D eigenvalue weighted by atomic mass is 9.81. The van der Waals surface area contributed by atoms with Crippen LogP contribution in [0.25, 0.3) is 0 Å². The Morgan fingerprint density at radius 1 is 1.43 bits per heavy atom. The highest BCUT2D eigenvalue weighted by Crippen LogP contribution is 2.34. The van der Waals surface area contributed by atoms with E-state index in [1.165, 1.54) is 16.7 Å². The fourth-order valence-electron chi connectivity index (χ4n) is 3.29. The van der Waals surface area contributed by atoms with Crippen LogP contribution in [0.5, 0.6) is 0 Å². The maximum Gasteiger partial charge on any atom is 0.281 e. The molecule has 2 heterocycles. The van der Waals surface area contributed by atoms with Gasteiger partial charge in [0.1, 0.15) is 12.7 Å². The van der Waals surface area contributed by atoms with E-state index in [9.17, 15) is 9.59 Å². The lowest BCUT2D eigenvalue weighted by Crippen LogP contribution is -2.41. The fraction of sp³-hybridized carbons (Fsp3) is 0.467. The third kappa shape index (κ3) is 2.73. The summed E-state index contributed by atoms with van der Waals surface area (Å²) < 4.78 is 5.67. The molecule has 21 heavy (non-hydrogen) atoms. The number of ether oxygens (including phenoxy) is 1. The summed E-state index contributed by atoms with van der Waals surface area (Å²) in [6.45, 7) is 3.67. The summed E-state index contributed by atoms with van der Waals surface area (Å²) in [7, 11) is 0.473. The number of benzene rings is 1. The number of nitrogens with zero attached hydrogens (tertiary/aromatic N) is 1. The summed E-state index contributed by atoms with van der Waals surface area (Å²) in [4.78, 5) is 24.2. The highest BCUT2D eigenvalue weighted by Gasteiger charge is 2.29. The van der Waals surface area contributed by atoms with Crippen molar-refractivity contribution < 1.29 is 14.3 Å². The Hall–Kier alpha value is -1.66. The molecule has 1 aromatic carbocycles. The second-order valence-corrected chi connectivity index (χ2v) is 5.61. The van der Waals surface area contributed by atoms with Crippen molar-refractivity contribution in [1.29, 1.82) is 0 Å². The number of hydrogen-bond donors (Lipinski definition) is 1. The lowest BCUT2D eigenvalue weighted by molar-refractivity contribution is -0.133. The maximum atomic E-state index is 11.2. The monoisotopic (exact) mass is 286 g/mol. The van der Waals surface area contributed by atoms with E-state index in [-0.39, 0.29) is 24.7 Å². The summed E-state index contributed by atoms with van der Waals surface area (Å²) in [6.07, 6.45) is 1.81. The summed E-state index contributed by atoms with van der Waals surface area (Å²) in [5, 5.41) is 2.86. The first kappa shape index (κ1) is 14.3. The van der Waals surface area contributed by atoms with Crippen LogP contribution >= 0.6 is 0 Å². The second kappa shape index (κ2) is 5.99. The standard InChI is InChI=1S/C15H19BN2O3/c1-10-11-3-2-4-13(14-7-17-15(20)8-21-14)12(11)5-6-18(10)16-9-19/h2-4,9-10,14,16H,5-8H2,1H3,(H,17,20)/t10-,14?/m0/s1. The van der Waals surface area contributed by atoms with Gasteiger partial charge in [0, 0.05) is 12.6 Å². The van der Waals surface area contributed by atoms with Crippen LogP contribution < -0.4 is 5.32 Å². The van der Waals surface area contributed by atoms with Crippen molar-refractivity contribution in [1.82, 2.24) is 10.1 Å². The number of fused-ring (bicyclic) bond motifs is 1. The van der Waals surface area contributed by atoms with E-state index in [1.807, 2.05) is 6.07 Å². The van der Waals surface area contributed by atoms with E-state index in [4.69, 9.17) is 4.74 Å². The van der Waals surface area contributed by atoms with Gasteiger partial charge in [0.2, 0.25) is 5.91 Å². The zero-order valence-corrected chi connectivity index (χ0v) is 12.2. The Balaban J connectivity index is 1.88. The van der Waals surface area contributed by atoms with Gasteiger partial charge in [-0.3, -0.25) is 4.79 Å². The van der Waals surface area contributed by atoms with Crippen molar-refractivity contribution in [3.8, 4) is 0 Å². The average Bonchev–Trinajstić information content (AvgIpc) is 2.51. The van der Waals surface area contributed by atoms with E-state index >= 15 is 0 Å². The molecule has 0 spiro atoms. The minimum Gasteiger partial charge on any atom is -0.362 e. The minimum atomic E-state index is -0.0672. The van der Waals surface area contributed by atoms with Gasteiger partial charge in [-0.2, -0.15) is 0 Å². The molecule has 1 unspecified atom stereocenters. The lowest BCUT2D eigenvalue weighted by Gasteiger charge is -2.36. The van der Waals surface area contributed by atoms with Gasteiger partial charge in [0.05, 0.1) is 6.19 Å². The summed E-state index contributed by atoms with van der Waals surface area (Å²) >= 11 is 0. The molecular formula is C15H19BN2O3. The smallest absolute Gasteiger partial charge is 0.281 e. The number of amides is 1. The Morgan fingerprint density at radius 3 is 2.95 bits per heavy atom. The van der Waals surface area contributed by atoms with Gasteiger partial charge in [0.25, 0.3) is 7.41 Å². The predicted octanol–water partition coefficient (Wildman–Crippen LogP) is 0.335. The van der Waals surface area contributed by atoms with E-state index in [0.29, 0.717) is 14.0 Å². The topological polar surface area (TPSA) is 58.6 Å². The number of hydrogen-bond acceptors (Lipinski definition) is 4. The zero-order chi connectivity index (χ0) is 14.8. The van der Waals surface area contributed by atoms with Crippen LogP contribution in [0.4, 0.5) is 0 Å². The molecule has 1 aromatic rings. The molecule has 1 N–H and O–H groups in total. The highest BCUT2D eigenvalue weighted by molar-refractivity contribution is 6.64. The summed E-state index contributed by atoms with van der Waals surface area (Å²) in [5.74, 6) is -0.0541. The molecule has 0 radical (unpaired) electrons. The minimum absolute atomic E-state index is 0.0541. The molecule has 1 fully saturated rings. The first-order valence-electron chi connectivity index (χ1n) is 7.38. The van der Waals surface area contributed by atoms with Crippen molar-refractivity contribution in [3.05, 3.63) is 34.9 Å².